The highest BCUT2D eigenvalue weighted by molar-refractivity contribution is 6.02. The Hall–Kier alpha value is -4.00. The van der Waals surface area contributed by atoms with Gasteiger partial charge in [0.15, 0.2) is 5.82 Å². The Morgan fingerprint density at radius 2 is 1.74 bits per heavy atom. The lowest BCUT2D eigenvalue weighted by Crippen LogP contribution is -2.43. The summed E-state index contributed by atoms with van der Waals surface area (Å²) >= 11 is 0. The third-order valence-electron chi connectivity index (χ3n) is 7.59. The molecule has 2 aromatic carbocycles. The number of anilines is 1. The van der Waals surface area contributed by atoms with Crippen molar-refractivity contribution in [3.05, 3.63) is 72.6 Å². The SMILES string of the molecule is CCOC(=O)c1cn(-c2ccc(-c3cnc4ccccc4c3)cc2)nc1N(C(=O)[C@H]1CC[C@H](C)CC1)C(C)C. The second kappa shape index (κ2) is 11.4. The van der Waals surface area contributed by atoms with E-state index in [4.69, 9.17) is 9.84 Å². The molecular weight excluding hydrogens is 488 g/mol. The average molecular weight is 525 g/mol. The highest BCUT2D eigenvalue weighted by Crippen LogP contribution is 2.33. The Kier molecular flexibility index (Phi) is 7.77. The van der Waals surface area contributed by atoms with Crippen molar-refractivity contribution in [3.8, 4) is 16.8 Å². The van der Waals surface area contributed by atoms with Crippen molar-refractivity contribution in [1.82, 2.24) is 14.8 Å². The lowest BCUT2D eigenvalue weighted by molar-refractivity contribution is -0.124. The quantitative estimate of drug-likeness (QED) is 0.248. The van der Waals surface area contributed by atoms with E-state index in [0.717, 1.165) is 53.4 Å². The number of nitrogens with zero attached hydrogens (tertiary/aromatic N) is 4. The molecule has 0 atom stereocenters. The molecule has 0 radical (unpaired) electrons. The molecule has 0 N–H and O–H groups in total. The van der Waals surface area contributed by atoms with Crippen molar-refractivity contribution >= 4 is 28.6 Å². The van der Waals surface area contributed by atoms with Gasteiger partial charge in [-0.15, -0.1) is 5.10 Å². The standard InChI is InChI=1S/C32H36N4O3/c1-5-39-32(38)28-20-35(34-30(28)36(21(2)3)31(37)24-12-10-22(4)11-13-24)27-16-14-23(15-17-27)26-18-25-8-6-7-9-29(25)33-19-26/h6-9,14-22,24H,5,10-13H2,1-4H3/t22-,24-. The summed E-state index contributed by atoms with van der Waals surface area (Å²) in [6, 6.07) is 18.0. The lowest BCUT2D eigenvalue weighted by atomic mass is 9.82. The predicted octanol–water partition coefficient (Wildman–Crippen LogP) is 6.83. The second-order valence-electron chi connectivity index (χ2n) is 10.8. The summed E-state index contributed by atoms with van der Waals surface area (Å²) in [5.41, 5.74) is 4.09. The molecular formula is C32H36N4O3. The summed E-state index contributed by atoms with van der Waals surface area (Å²) < 4.78 is 7.02. The molecule has 5 rings (SSSR count). The largest absolute Gasteiger partial charge is 0.462 e. The van der Waals surface area contributed by atoms with E-state index >= 15 is 0 Å². The zero-order chi connectivity index (χ0) is 27.5. The fraction of sp³-hybridized carbons (Fsp3) is 0.375. The Morgan fingerprint density at radius 1 is 1.03 bits per heavy atom. The van der Waals surface area contributed by atoms with Crippen LogP contribution < -0.4 is 4.90 Å². The molecule has 1 amide bonds. The van der Waals surface area contributed by atoms with Crippen LogP contribution in [0.25, 0.3) is 27.7 Å². The van der Waals surface area contributed by atoms with Gasteiger partial charge in [0.25, 0.3) is 0 Å². The fourth-order valence-electron chi connectivity index (χ4n) is 5.37. The molecule has 0 spiro atoms. The van der Waals surface area contributed by atoms with Crippen LogP contribution in [0.2, 0.25) is 0 Å². The van der Waals surface area contributed by atoms with Crippen LogP contribution in [0.4, 0.5) is 5.82 Å². The van der Waals surface area contributed by atoms with E-state index in [9.17, 15) is 9.59 Å². The summed E-state index contributed by atoms with van der Waals surface area (Å²) in [4.78, 5) is 33.0. The van der Waals surface area contributed by atoms with Crippen LogP contribution in [-0.2, 0) is 9.53 Å². The van der Waals surface area contributed by atoms with Gasteiger partial charge >= 0.3 is 5.97 Å². The summed E-state index contributed by atoms with van der Waals surface area (Å²) in [5, 5.41) is 5.87. The molecule has 2 aromatic heterocycles. The third-order valence-corrected chi connectivity index (χ3v) is 7.59. The van der Waals surface area contributed by atoms with Crippen molar-refractivity contribution in [2.75, 3.05) is 11.5 Å². The first kappa shape index (κ1) is 26.6. The van der Waals surface area contributed by atoms with Crippen LogP contribution in [0.5, 0.6) is 0 Å². The van der Waals surface area contributed by atoms with Gasteiger partial charge in [0.2, 0.25) is 5.91 Å². The van der Waals surface area contributed by atoms with Crippen molar-refractivity contribution in [1.29, 1.82) is 0 Å². The number of amides is 1. The molecule has 7 heteroatoms. The Labute approximate surface area is 229 Å². The zero-order valence-electron chi connectivity index (χ0n) is 23.1. The number of ether oxygens (including phenoxy) is 1. The van der Waals surface area contributed by atoms with Gasteiger partial charge in [-0.2, -0.15) is 0 Å². The summed E-state index contributed by atoms with van der Waals surface area (Å²) in [5.74, 6) is 0.498. The first-order chi connectivity index (χ1) is 18.9. The van der Waals surface area contributed by atoms with E-state index in [1.807, 2.05) is 62.5 Å². The number of esters is 1. The van der Waals surface area contributed by atoms with Gasteiger partial charge < -0.3 is 4.74 Å². The molecule has 0 unspecified atom stereocenters. The predicted molar refractivity (Wildman–Crippen MR) is 154 cm³/mol. The van der Waals surface area contributed by atoms with Crippen LogP contribution in [0.15, 0.2) is 67.0 Å². The van der Waals surface area contributed by atoms with Crippen molar-refractivity contribution in [2.45, 2.75) is 59.4 Å². The number of benzene rings is 2. The Bertz CT molecular complexity index is 1470. The molecule has 1 aliphatic carbocycles. The Morgan fingerprint density at radius 3 is 2.44 bits per heavy atom. The molecule has 0 aliphatic heterocycles. The van der Waals surface area contributed by atoms with Gasteiger partial charge in [0.1, 0.15) is 5.56 Å². The number of carbonyl (C=O) groups is 2. The molecule has 1 saturated carbocycles. The highest BCUT2D eigenvalue weighted by Gasteiger charge is 2.34. The number of rotatable bonds is 7. The molecule has 0 bridgehead atoms. The van der Waals surface area contributed by atoms with Crippen LogP contribution in [0.1, 0.15) is 63.7 Å². The molecule has 1 aliphatic rings. The Balaban J connectivity index is 1.48. The fourth-order valence-corrected chi connectivity index (χ4v) is 5.37. The van der Waals surface area contributed by atoms with E-state index in [1.54, 1.807) is 22.7 Å². The number of fused-ring (bicyclic) bond motifs is 1. The van der Waals surface area contributed by atoms with E-state index in [2.05, 4.69) is 24.0 Å². The van der Waals surface area contributed by atoms with Crippen LogP contribution in [0.3, 0.4) is 0 Å². The maximum absolute atomic E-state index is 13.7. The van der Waals surface area contributed by atoms with Crippen LogP contribution in [0, 0.1) is 11.8 Å². The smallest absolute Gasteiger partial charge is 0.343 e. The van der Waals surface area contributed by atoms with Gasteiger partial charge in [0, 0.05) is 35.3 Å². The molecule has 1 fully saturated rings. The summed E-state index contributed by atoms with van der Waals surface area (Å²) in [6.07, 6.45) is 7.36. The number of para-hydroxylation sites is 1. The van der Waals surface area contributed by atoms with E-state index in [-0.39, 0.29) is 24.5 Å². The van der Waals surface area contributed by atoms with Crippen LogP contribution in [-0.4, -0.2) is 39.3 Å². The monoisotopic (exact) mass is 524 g/mol. The zero-order valence-corrected chi connectivity index (χ0v) is 23.1. The number of hydrogen-bond acceptors (Lipinski definition) is 5. The van der Waals surface area contributed by atoms with E-state index in [1.165, 1.54) is 0 Å². The minimum Gasteiger partial charge on any atom is -0.462 e. The van der Waals surface area contributed by atoms with E-state index < -0.39 is 5.97 Å². The van der Waals surface area contributed by atoms with Crippen molar-refractivity contribution < 1.29 is 14.3 Å². The third kappa shape index (κ3) is 5.58. The normalized spacial score (nSPS) is 17.4. The topological polar surface area (TPSA) is 77.3 Å². The van der Waals surface area contributed by atoms with Gasteiger partial charge in [-0.05, 0) is 82.2 Å². The number of hydrogen-bond donors (Lipinski definition) is 0. The van der Waals surface area contributed by atoms with E-state index in [0.29, 0.717) is 17.3 Å². The molecule has 4 aromatic rings. The maximum Gasteiger partial charge on any atom is 0.343 e. The minimum absolute atomic E-state index is 0.0341. The highest BCUT2D eigenvalue weighted by atomic mass is 16.5. The molecule has 0 saturated heterocycles. The average Bonchev–Trinajstić information content (AvgIpc) is 3.38. The van der Waals surface area contributed by atoms with Crippen molar-refractivity contribution in [2.24, 2.45) is 11.8 Å². The second-order valence-corrected chi connectivity index (χ2v) is 10.8. The first-order valence-electron chi connectivity index (χ1n) is 13.9. The first-order valence-corrected chi connectivity index (χ1v) is 13.9. The van der Waals surface area contributed by atoms with Crippen LogP contribution >= 0.6 is 0 Å². The molecule has 39 heavy (non-hydrogen) atoms. The number of aromatic nitrogens is 3. The minimum atomic E-state index is -0.478. The molecule has 7 nitrogen and oxygen atoms in total. The van der Waals surface area contributed by atoms with Gasteiger partial charge in [-0.25, -0.2) is 9.48 Å². The summed E-state index contributed by atoms with van der Waals surface area (Å²) in [7, 11) is 0. The van der Waals surface area contributed by atoms with Gasteiger partial charge in [-0.3, -0.25) is 14.7 Å². The van der Waals surface area contributed by atoms with Gasteiger partial charge in [-0.1, -0.05) is 37.3 Å². The molecule has 202 valence electrons. The lowest BCUT2D eigenvalue weighted by Gasteiger charge is -2.32. The maximum atomic E-state index is 13.7. The van der Waals surface area contributed by atoms with Crippen molar-refractivity contribution in [3.63, 3.8) is 0 Å². The van der Waals surface area contributed by atoms with Gasteiger partial charge in [0.05, 0.1) is 17.8 Å². The number of pyridine rings is 1. The summed E-state index contributed by atoms with van der Waals surface area (Å²) in [6.45, 7) is 8.18. The molecule has 2 heterocycles. The number of carbonyl (C=O) groups excluding carboxylic acids is 2.